The number of nitrogens with zero attached hydrogens (tertiary/aromatic N) is 2. The quantitative estimate of drug-likeness (QED) is 0.765. The first-order valence-corrected chi connectivity index (χ1v) is 9.86. The van der Waals surface area contributed by atoms with Gasteiger partial charge in [-0.05, 0) is 43.0 Å². The molecule has 0 radical (unpaired) electrons. The van der Waals surface area contributed by atoms with Gasteiger partial charge in [-0.3, -0.25) is 9.69 Å². The molecule has 0 spiro atoms. The summed E-state index contributed by atoms with van der Waals surface area (Å²) in [6.45, 7) is 2.40. The zero-order chi connectivity index (χ0) is 19.2. The van der Waals surface area contributed by atoms with E-state index in [1.165, 1.54) is 36.3 Å². The topological polar surface area (TPSA) is 54.5 Å². The van der Waals surface area contributed by atoms with Crippen LogP contribution in [0.4, 0.5) is 13.9 Å². The van der Waals surface area contributed by atoms with Gasteiger partial charge in [0.2, 0.25) is 5.91 Å². The Morgan fingerprint density at radius 2 is 2.19 bits per heavy atom. The average molecular weight is 395 g/mol. The van der Waals surface area contributed by atoms with Gasteiger partial charge in [-0.1, -0.05) is 19.1 Å². The molecule has 1 fully saturated rings. The molecule has 0 bridgehead atoms. The number of aromatic nitrogens is 1. The first-order valence-electron chi connectivity index (χ1n) is 8.98. The van der Waals surface area contributed by atoms with Crippen LogP contribution in [0.25, 0.3) is 0 Å². The van der Waals surface area contributed by atoms with Gasteiger partial charge in [-0.25, -0.2) is 4.98 Å². The number of carbonyl (C=O) groups excluding carboxylic acids is 1. The Labute approximate surface area is 161 Å². The third-order valence-electron chi connectivity index (χ3n) is 4.44. The predicted molar refractivity (Wildman–Crippen MR) is 101 cm³/mol. The van der Waals surface area contributed by atoms with Crippen LogP contribution < -0.4 is 10.1 Å². The number of halogens is 2. The van der Waals surface area contributed by atoms with Crippen molar-refractivity contribution in [3.8, 4) is 5.75 Å². The van der Waals surface area contributed by atoms with Crippen LogP contribution in [0.3, 0.4) is 0 Å². The van der Waals surface area contributed by atoms with Crippen LogP contribution in [0.2, 0.25) is 0 Å². The van der Waals surface area contributed by atoms with Crippen LogP contribution in [-0.2, 0) is 17.8 Å². The second kappa shape index (κ2) is 9.23. The maximum Gasteiger partial charge on any atom is 0.387 e. The van der Waals surface area contributed by atoms with Crippen LogP contribution in [0.15, 0.2) is 29.6 Å². The molecule has 0 aliphatic carbocycles. The number of thiazole rings is 1. The number of hydrogen-bond donors (Lipinski definition) is 1. The van der Waals surface area contributed by atoms with Crippen LogP contribution in [0.5, 0.6) is 5.75 Å². The Kier molecular flexibility index (Phi) is 6.73. The number of anilines is 1. The van der Waals surface area contributed by atoms with Gasteiger partial charge in [0.1, 0.15) is 5.75 Å². The Morgan fingerprint density at radius 3 is 2.89 bits per heavy atom. The van der Waals surface area contributed by atoms with E-state index in [2.05, 4.69) is 26.9 Å². The molecule has 1 saturated heterocycles. The van der Waals surface area contributed by atoms with Crippen LogP contribution in [0.1, 0.15) is 31.0 Å². The molecule has 1 unspecified atom stereocenters. The second-order valence-electron chi connectivity index (χ2n) is 6.87. The molecule has 1 amide bonds. The third kappa shape index (κ3) is 6.25. The number of amides is 1. The van der Waals surface area contributed by atoms with E-state index in [0.29, 0.717) is 16.6 Å². The molecule has 1 aromatic heterocycles. The van der Waals surface area contributed by atoms with E-state index < -0.39 is 6.61 Å². The molecule has 5 nitrogen and oxygen atoms in total. The monoisotopic (exact) mass is 395 g/mol. The summed E-state index contributed by atoms with van der Waals surface area (Å²) in [6, 6.07) is 6.05. The van der Waals surface area contributed by atoms with Crippen molar-refractivity contribution in [1.29, 1.82) is 0 Å². The van der Waals surface area contributed by atoms with Gasteiger partial charge in [-0.15, -0.1) is 11.3 Å². The summed E-state index contributed by atoms with van der Waals surface area (Å²) in [6.07, 6.45) is 2.65. The fourth-order valence-electron chi connectivity index (χ4n) is 3.23. The van der Waals surface area contributed by atoms with Crippen molar-refractivity contribution < 1.29 is 18.3 Å². The Hall–Kier alpha value is -2.06. The van der Waals surface area contributed by atoms with Crippen molar-refractivity contribution in [2.75, 3.05) is 18.4 Å². The summed E-state index contributed by atoms with van der Waals surface area (Å²) in [5.74, 6) is 0.602. The molecule has 8 heteroatoms. The first-order chi connectivity index (χ1) is 13.0. The zero-order valence-electron chi connectivity index (χ0n) is 15.2. The Morgan fingerprint density at radius 1 is 1.41 bits per heavy atom. The number of hydrogen-bond acceptors (Lipinski definition) is 5. The van der Waals surface area contributed by atoms with Crippen molar-refractivity contribution in [3.63, 3.8) is 0 Å². The SMILES string of the molecule is CC1CCCN(Cc2csc(NC(=O)Cc3ccc(OC(F)F)cc3)n2)C1. The molecule has 146 valence electrons. The second-order valence-corrected chi connectivity index (χ2v) is 7.73. The van der Waals surface area contributed by atoms with Gasteiger partial charge >= 0.3 is 6.61 Å². The summed E-state index contributed by atoms with van der Waals surface area (Å²) in [5, 5.41) is 5.36. The third-order valence-corrected chi connectivity index (χ3v) is 5.24. The summed E-state index contributed by atoms with van der Waals surface area (Å²) >= 11 is 1.41. The predicted octanol–water partition coefficient (Wildman–Crippen LogP) is 4.16. The Bertz CT molecular complexity index is 752. The van der Waals surface area contributed by atoms with Crippen LogP contribution in [0, 0.1) is 5.92 Å². The van der Waals surface area contributed by atoms with E-state index in [1.807, 2.05) is 5.38 Å². The Balaban J connectivity index is 1.48. The van der Waals surface area contributed by atoms with Crippen LogP contribution >= 0.6 is 11.3 Å². The van der Waals surface area contributed by atoms with E-state index in [4.69, 9.17) is 0 Å². The zero-order valence-corrected chi connectivity index (χ0v) is 16.0. The number of likely N-dealkylation sites (tertiary alicyclic amines) is 1. The van der Waals surface area contributed by atoms with Crippen molar-refractivity contribution in [1.82, 2.24) is 9.88 Å². The van der Waals surface area contributed by atoms with Crippen LogP contribution in [-0.4, -0.2) is 35.5 Å². The number of piperidine rings is 1. The molecule has 2 heterocycles. The van der Waals surface area contributed by atoms with E-state index >= 15 is 0 Å². The fraction of sp³-hybridized carbons (Fsp3) is 0.474. The maximum atomic E-state index is 12.2. The van der Waals surface area contributed by atoms with Gasteiger partial charge in [-0.2, -0.15) is 8.78 Å². The molecule has 3 rings (SSSR count). The number of carbonyl (C=O) groups is 1. The number of rotatable bonds is 7. The molecule has 1 aromatic carbocycles. The molecular formula is C19H23F2N3O2S. The molecule has 1 atom stereocenters. The largest absolute Gasteiger partial charge is 0.435 e. The van der Waals surface area contributed by atoms with Gasteiger partial charge in [0.25, 0.3) is 0 Å². The highest BCUT2D eigenvalue weighted by Gasteiger charge is 2.17. The highest BCUT2D eigenvalue weighted by Crippen LogP contribution is 2.21. The highest BCUT2D eigenvalue weighted by molar-refractivity contribution is 7.13. The van der Waals surface area contributed by atoms with Gasteiger partial charge in [0.15, 0.2) is 5.13 Å². The molecule has 1 N–H and O–H groups in total. The first kappa shape index (κ1) is 19.7. The minimum Gasteiger partial charge on any atom is -0.435 e. The lowest BCUT2D eigenvalue weighted by atomic mass is 10.0. The summed E-state index contributed by atoms with van der Waals surface area (Å²) in [5.41, 5.74) is 1.69. The average Bonchev–Trinajstić information content (AvgIpc) is 3.03. The molecule has 1 aliphatic heterocycles. The van der Waals surface area contributed by atoms with Crippen molar-refractivity contribution in [3.05, 3.63) is 40.9 Å². The molecule has 1 aliphatic rings. The molecule has 2 aromatic rings. The molecular weight excluding hydrogens is 372 g/mol. The van der Waals surface area contributed by atoms with Crippen molar-refractivity contribution in [2.24, 2.45) is 5.92 Å². The summed E-state index contributed by atoms with van der Waals surface area (Å²) in [7, 11) is 0. The number of alkyl halides is 2. The van der Waals surface area contributed by atoms with Crippen molar-refractivity contribution >= 4 is 22.4 Å². The van der Waals surface area contributed by atoms with Gasteiger partial charge in [0, 0.05) is 18.5 Å². The highest BCUT2D eigenvalue weighted by atomic mass is 32.1. The maximum absolute atomic E-state index is 12.2. The number of nitrogens with one attached hydrogen (secondary N) is 1. The minimum atomic E-state index is -2.86. The summed E-state index contributed by atoms with van der Waals surface area (Å²) < 4.78 is 28.6. The normalized spacial score (nSPS) is 17.9. The smallest absolute Gasteiger partial charge is 0.387 e. The lowest BCUT2D eigenvalue weighted by Gasteiger charge is -2.30. The lowest BCUT2D eigenvalue weighted by Crippen LogP contribution is -2.33. The molecule has 27 heavy (non-hydrogen) atoms. The van der Waals surface area contributed by atoms with E-state index in [1.54, 1.807) is 12.1 Å². The standard InChI is InChI=1S/C19H23F2N3O2S/c1-13-3-2-8-24(10-13)11-15-12-27-19(22-15)23-17(25)9-14-4-6-16(7-5-14)26-18(20)21/h4-7,12-13,18H,2-3,8-11H2,1H3,(H,22,23,25). The molecule has 0 saturated carbocycles. The summed E-state index contributed by atoms with van der Waals surface area (Å²) in [4.78, 5) is 19.1. The fourth-order valence-corrected chi connectivity index (χ4v) is 3.95. The van der Waals surface area contributed by atoms with E-state index in [0.717, 1.165) is 25.3 Å². The lowest BCUT2D eigenvalue weighted by molar-refractivity contribution is -0.115. The van der Waals surface area contributed by atoms with Gasteiger partial charge < -0.3 is 10.1 Å². The number of ether oxygens (including phenoxy) is 1. The minimum absolute atomic E-state index is 0.0748. The van der Waals surface area contributed by atoms with Crippen molar-refractivity contribution in [2.45, 2.75) is 39.3 Å². The number of benzene rings is 1. The van der Waals surface area contributed by atoms with Gasteiger partial charge in [0.05, 0.1) is 12.1 Å². The van der Waals surface area contributed by atoms with E-state index in [9.17, 15) is 13.6 Å². The van der Waals surface area contributed by atoms with E-state index in [-0.39, 0.29) is 18.1 Å².